The molecule has 2 atom stereocenters. The molecule has 1 N–H and O–H groups in total. The van der Waals surface area contributed by atoms with Crippen LogP contribution in [0, 0.1) is 0 Å². The zero-order valence-electron chi connectivity index (χ0n) is 19.6. The molecule has 0 radical (unpaired) electrons. The summed E-state index contributed by atoms with van der Waals surface area (Å²) in [6.45, 7) is 9.51. The van der Waals surface area contributed by atoms with Crippen molar-refractivity contribution in [1.29, 1.82) is 0 Å². The predicted molar refractivity (Wildman–Crippen MR) is 131 cm³/mol. The first kappa shape index (κ1) is 22.0. The molecule has 2 saturated heterocycles. The smallest absolute Gasteiger partial charge is 0.229 e. The first-order chi connectivity index (χ1) is 16.1. The van der Waals surface area contributed by atoms with Crippen LogP contribution < -0.4 is 15.1 Å². The van der Waals surface area contributed by atoms with E-state index < -0.39 is 0 Å². The molecule has 2 aromatic heterocycles. The van der Waals surface area contributed by atoms with Crippen LogP contribution in [0.25, 0.3) is 22.3 Å². The summed E-state index contributed by atoms with van der Waals surface area (Å²) in [7, 11) is 1.96. The highest BCUT2D eigenvalue weighted by Gasteiger charge is 2.27. The van der Waals surface area contributed by atoms with Crippen LogP contribution in [0.4, 0.5) is 11.8 Å². The Kier molecular flexibility index (Phi) is 6.39. The standard InChI is InChI=1S/C25H32N6O2/c1-17-15-32-12-10-30(17)24-21-8-9-22(20-6-4-19(5-7-20)14-26-3)27-23(21)28-25(29-24)31-11-13-33-16-18(31)2/h4-9,17-18,26H,10-16H2,1-3H3/t17-,18+/m0/s1. The van der Waals surface area contributed by atoms with E-state index in [0.29, 0.717) is 26.4 Å². The second-order valence-electron chi connectivity index (χ2n) is 8.88. The first-order valence-electron chi connectivity index (χ1n) is 11.8. The van der Waals surface area contributed by atoms with Crippen LogP contribution in [-0.4, -0.2) is 73.6 Å². The fourth-order valence-corrected chi connectivity index (χ4v) is 4.55. The van der Waals surface area contributed by atoms with Gasteiger partial charge in [-0.2, -0.15) is 9.97 Å². The number of nitrogens with zero attached hydrogens (tertiary/aromatic N) is 5. The van der Waals surface area contributed by atoms with Crippen molar-refractivity contribution in [3.05, 3.63) is 42.0 Å². The Morgan fingerprint density at radius 2 is 1.58 bits per heavy atom. The number of fused-ring (bicyclic) bond motifs is 1. The molecule has 2 fully saturated rings. The molecule has 33 heavy (non-hydrogen) atoms. The maximum Gasteiger partial charge on any atom is 0.229 e. The Hall–Kier alpha value is -2.81. The van der Waals surface area contributed by atoms with E-state index in [0.717, 1.165) is 53.7 Å². The Labute approximate surface area is 194 Å². The number of anilines is 2. The Bertz CT molecular complexity index is 1110. The lowest BCUT2D eigenvalue weighted by atomic mass is 10.1. The number of hydrogen-bond acceptors (Lipinski definition) is 8. The fourth-order valence-electron chi connectivity index (χ4n) is 4.55. The molecule has 174 valence electrons. The zero-order chi connectivity index (χ0) is 22.8. The predicted octanol–water partition coefficient (Wildman–Crippen LogP) is 2.86. The van der Waals surface area contributed by atoms with Crippen molar-refractivity contribution in [2.24, 2.45) is 0 Å². The third-order valence-corrected chi connectivity index (χ3v) is 6.42. The number of pyridine rings is 1. The van der Waals surface area contributed by atoms with Crippen LogP contribution in [-0.2, 0) is 16.0 Å². The third kappa shape index (κ3) is 4.51. The molecule has 2 aliphatic heterocycles. The van der Waals surface area contributed by atoms with Gasteiger partial charge < -0.3 is 24.6 Å². The van der Waals surface area contributed by atoms with Gasteiger partial charge in [-0.05, 0) is 38.6 Å². The van der Waals surface area contributed by atoms with Crippen LogP contribution >= 0.6 is 0 Å². The van der Waals surface area contributed by atoms with E-state index in [-0.39, 0.29) is 12.1 Å². The van der Waals surface area contributed by atoms with E-state index in [1.807, 2.05) is 7.05 Å². The van der Waals surface area contributed by atoms with Crippen molar-refractivity contribution in [3.8, 4) is 11.3 Å². The van der Waals surface area contributed by atoms with E-state index in [1.54, 1.807) is 0 Å². The largest absolute Gasteiger partial charge is 0.377 e. The Balaban J connectivity index is 1.60. The maximum absolute atomic E-state index is 5.68. The molecule has 0 aliphatic carbocycles. The minimum Gasteiger partial charge on any atom is -0.377 e. The Morgan fingerprint density at radius 1 is 0.879 bits per heavy atom. The van der Waals surface area contributed by atoms with Crippen molar-refractivity contribution in [1.82, 2.24) is 20.3 Å². The second kappa shape index (κ2) is 9.59. The molecule has 0 amide bonds. The molecule has 8 heteroatoms. The fraction of sp³-hybridized carbons (Fsp3) is 0.480. The topological polar surface area (TPSA) is 75.6 Å². The van der Waals surface area contributed by atoms with Gasteiger partial charge in [0.1, 0.15) is 5.82 Å². The maximum atomic E-state index is 5.68. The summed E-state index contributed by atoms with van der Waals surface area (Å²) >= 11 is 0. The number of nitrogens with one attached hydrogen (secondary N) is 1. The molecular formula is C25H32N6O2. The average Bonchev–Trinajstić information content (AvgIpc) is 2.84. The molecule has 4 heterocycles. The minimum atomic E-state index is 0.217. The van der Waals surface area contributed by atoms with Crippen molar-refractivity contribution in [2.75, 3.05) is 56.4 Å². The third-order valence-electron chi connectivity index (χ3n) is 6.42. The summed E-state index contributed by atoms with van der Waals surface area (Å²) < 4.78 is 11.3. The van der Waals surface area contributed by atoms with Gasteiger partial charge in [-0.3, -0.25) is 0 Å². The molecule has 0 spiro atoms. The van der Waals surface area contributed by atoms with Gasteiger partial charge in [-0.15, -0.1) is 0 Å². The lowest BCUT2D eigenvalue weighted by Crippen LogP contribution is -2.46. The molecule has 5 rings (SSSR count). The van der Waals surface area contributed by atoms with Crippen LogP contribution in [0.3, 0.4) is 0 Å². The van der Waals surface area contributed by atoms with Crippen molar-refractivity contribution < 1.29 is 9.47 Å². The van der Waals surface area contributed by atoms with Crippen molar-refractivity contribution in [2.45, 2.75) is 32.5 Å². The highest BCUT2D eigenvalue weighted by molar-refractivity contribution is 5.90. The number of ether oxygens (including phenoxy) is 2. The minimum absolute atomic E-state index is 0.217. The molecule has 2 aliphatic rings. The first-order valence-corrected chi connectivity index (χ1v) is 11.8. The normalized spacial score (nSPS) is 21.5. The highest BCUT2D eigenvalue weighted by atomic mass is 16.5. The number of hydrogen-bond donors (Lipinski definition) is 1. The summed E-state index contributed by atoms with van der Waals surface area (Å²) in [5.74, 6) is 1.66. The number of morpholine rings is 2. The van der Waals surface area contributed by atoms with Crippen LogP contribution in [0.15, 0.2) is 36.4 Å². The molecular weight excluding hydrogens is 416 g/mol. The van der Waals surface area contributed by atoms with Gasteiger partial charge in [-0.1, -0.05) is 24.3 Å². The number of rotatable bonds is 5. The molecule has 1 aromatic carbocycles. The van der Waals surface area contributed by atoms with Gasteiger partial charge >= 0.3 is 0 Å². The van der Waals surface area contributed by atoms with Crippen LogP contribution in [0.5, 0.6) is 0 Å². The second-order valence-corrected chi connectivity index (χ2v) is 8.88. The molecule has 0 saturated carbocycles. The van der Waals surface area contributed by atoms with Gasteiger partial charge in [0.2, 0.25) is 5.95 Å². The number of aromatic nitrogens is 3. The summed E-state index contributed by atoms with van der Waals surface area (Å²) in [5, 5.41) is 4.17. The van der Waals surface area contributed by atoms with E-state index in [2.05, 4.69) is 65.4 Å². The SMILES string of the molecule is CNCc1ccc(-c2ccc3c(N4CCOC[C@@H]4C)nc(N4CCOC[C@H]4C)nc3n2)cc1. The van der Waals surface area contributed by atoms with Crippen molar-refractivity contribution in [3.63, 3.8) is 0 Å². The lowest BCUT2D eigenvalue weighted by Gasteiger charge is -2.37. The summed E-state index contributed by atoms with van der Waals surface area (Å²) in [6, 6.07) is 13.2. The molecule has 8 nitrogen and oxygen atoms in total. The van der Waals surface area contributed by atoms with E-state index >= 15 is 0 Å². The van der Waals surface area contributed by atoms with E-state index in [9.17, 15) is 0 Å². The average molecular weight is 449 g/mol. The highest BCUT2D eigenvalue weighted by Crippen LogP contribution is 2.31. The Morgan fingerprint density at radius 3 is 2.24 bits per heavy atom. The lowest BCUT2D eigenvalue weighted by molar-refractivity contribution is 0.0973. The molecule has 0 unspecified atom stereocenters. The van der Waals surface area contributed by atoms with Gasteiger partial charge in [0.05, 0.1) is 49.6 Å². The number of benzene rings is 1. The van der Waals surface area contributed by atoms with Gasteiger partial charge in [0, 0.05) is 25.2 Å². The summed E-state index contributed by atoms with van der Waals surface area (Å²) in [4.78, 5) is 19.6. The quantitative estimate of drug-likeness (QED) is 0.639. The summed E-state index contributed by atoms with van der Waals surface area (Å²) in [5.41, 5.74) is 3.97. The monoisotopic (exact) mass is 448 g/mol. The van der Waals surface area contributed by atoms with Gasteiger partial charge in [0.15, 0.2) is 5.65 Å². The van der Waals surface area contributed by atoms with E-state index in [1.165, 1.54) is 5.56 Å². The molecule has 0 bridgehead atoms. The zero-order valence-corrected chi connectivity index (χ0v) is 19.6. The molecule has 3 aromatic rings. The van der Waals surface area contributed by atoms with Gasteiger partial charge in [-0.25, -0.2) is 4.98 Å². The van der Waals surface area contributed by atoms with Crippen LogP contribution in [0.1, 0.15) is 19.4 Å². The van der Waals surface area contributed by atoms with Gasteiger partial charge in [0.25, 0.3) is 0 Å². The van der Waals surface area contributed by atoms with E-state index in [4.69, 9.17) is 24.4 Å². The summed E-state index contributed by atoms with van der Waals surface area (Å²) in [6.07, 6.45) is 0. The van der Waals surface area contributed by atoms with Crippen molar-refractivity contribution >= 4 is 22.8 Å². The van der Waals surface area contributed by atoms with Crippen LogP contribution in [0.2, 0.25) is 0 Å².